The highest BCUT2D eigenvalue weighted by Gasteiger charge is 2.58. The molecule has 0 heterocycles. The van der Waals surface area contributed by atoms with Crippen molar-refractivity contribution in [2.24, 2.45) is 28.6 Å². The molecule has 0 N–H and O–H groups in total. The molecule has 0 aliphatic heterocycles. The number of Topliss-reactive ketones (excluding diaryl/α,β-unsaturated/α-hetero) is 1. The van der Waals surface area contributed by atoms with Crippen LogP contribution in [0.15, 0.2) is 11.6 Å². The van der Waals surface area contributed by atoms with Crippen molar-refractivity contribution >= 4 is 15.9 Å². The number of hydrogen-bond donors (Lipinski definition) is 0. The Morgan fingerprint density at radius 3 is 2.48 bits per heavy atom. The zero-order chi connectivity index (χ0) is 18.0. The smallest absolute Gasteiger partial charge is 0.264 e. The summed E-state index contributed by atoms with van der Waals surface area (Å²) in [6.07, 6.45) is 10.9. The Bertz CT molecular complexity index is 724. The van der Waals surface area contributed by atoms with Crippen LogP contribution in [0.4, 0.5) is 0 Å². The quantitative estimate of drug-likeness (QED) is 0.550. The first-order valence-corrected chi connectivity index (χ1v) is 11.6. The molecule has 0 amide bonds. The maximum absolute atomic E-state index is 12.5. The second-order valence-corrected chi connectivity index (χ2v) is 10.9. The third-order valence-electron chi connectivity index (χ3n) is 8.08. The zero-order valence-electron chi connectivity index (χ0n) is 15.6. The lowest BCUT2D eigenvalue weighted by atomic mass is 9.48. The average Bonchev–Trinajstić information content (AvgIpc) is 2.82. The summed E-state index contributed by atoms with van der Waals surface area (Å²) in [5.41, 5.74) is 1.48. The molecule has 0 saturated heterocycles. The van der Waals surface area contributed by atoms with Crippen molar-refractivity contribution in [1.29, 1.82) is 0 Å². The molecular formula is C20H30O4S. The largest absolute Gasteiger partial charge is 0.299 e. The molecular weight excluding hydrogens is 336 g/mol. The Balaban J connectivity index is 1.59. The Morgan fingerprint density at radius 1 is 1.08 bits per heavy atom. The summed E-state index contributed by atoms with van der Waals surface area (Å²) in [5.74, 6) is 2.28. The highest BCUT2D eigenvalue weighted by Crippen LogP contribution is 2.64. The number of allylic oxidation sites excluding steroid dienone is 1. The highest BCUT2D eigenvalue weighted by atomic mass is 32.2. The van der Waals surface area contributed by atoms with Gasteiger partial charge in [0.25, 0.3) is 10.1 Å². The average molecular weight is 367 g/mol. The SMILES string of the molecule is C[C@]12CC[C@H](OS(C)(=O)=O)CC1=CC[C@@H]1[C@@H]2CC[C@]2(C)C(=O)CC[C@@H]12. The van der Waals surface area contributed by atoms with Gasteiger partial charge in [-0.15, -0.1) is 0 Å². The van der Waals surface area contributed by atoms with Gasteiger partial charge in [-0.3, -0.25) is 8.98 Å². The van der Waals surface area contributed by atoms with Crippen LogP contribution in [0.25, 0.3) is 0 Å². The Labute approximate surface area is 151 Å². The molecule has 0 spiro atoms. The topological polar surface area (TPSA) is 60.4 Å². The van der Waals surface area contributed by atoms with Crippen LogP contribution in [0.1, 0.15) is 65.2 Å². The first-order valence-electron chi connectivity index (χ1n) is 9.74. The van der Waals surface area contributed by atoms with Gasteiger partial charge in [-0.2, -0.15) is 8.42 Å². The fourth-order valence-electron chi connectivity index (χ4n) is 6.73. The van der Waals surface area contributed by atoms with Gasteiger partial charge in [-0.1, -0.05) is 25.5 Å². The van der Waals surface area contributed by atoms with Crippen LogP contribution in [-0.4, -0.2) is 26.6 Å². The van der Waals surface area contributed by atoms with Crippen LogP contribution in [0.2, 0.25) is 0 Å². The van der Waals surface area contributed by atoms with E-state index in [0.29, 0.717) is 23.5 Å². The van der Waals surface area contributed by atoms with Crippen molar-refractivity contribution in [2.45, 2.75) is 71.3 Å². The van der Waals surface area contributed by atoms with Gasteiger partial charge >= 0.3 is 0 Å². The standard InChI is InChI=1S/C20H30O4S/c1-19-10-8-14(24-25(3,22)23)12-13(19)4-5-15-16-6-7-18(21)20(16,2)11-9-17(15)19/h4,14-17H,5-12H2,1-3H3/t14-,15-,16-,17-,19-,20-/m0/s1. The lowest BCUT2D eigenvalue weighted by molar-refractivity contribution is -0.131. The van der Waals surface area contributed by atoms with Gasteiger partial charge < -0.3 is 0 Å². The lowest BCUT2D eigenvalue weighted by Crippen LogP contribution is -2.50. The van der Waals surface area contributed by atoms with Crippen LogP contribution in [0, 0.1) is 28.6 Å². The van der Waals surface area contributed by atoms with Crippen LogP contribution in [-0.2, 0) is 19.1 Å². The van der Waals surface area contributed by atoms with Crippen LogP contribution < -0.4 is 0 Å². The number of fused-ring (bicyclic) bond motifs is 5. The summed E-state index contributed by atoms with van der Waals surface area (Å²) in [7, 11) is -3.40. The van der Waals surface area contributed by atoms with Gasteiger partial charge in [0, 0.05) is 11.8 Å². The minimum atomic E-state index is -3.40. The molecule has 3 saturated carbocycles. The fraction of sp³-hybridized carbons (Fsp3) is 0.850. The first kappa shape index (κ1) is 17.7. The van der Waals surface area contributed by atoms with Gasteiger partial charge in [0.15, 0.2) is 0 Å². The van der Waals surface area contributed by atoms with Crippen molar-refractivity contribution in [2.75, 3.05) is 6.26 Å². The molecule has 0 bridgehead atoms. The molecule has 4 aliphatic carbocycles. The number of carbonyl (C=O) groups is 1. The second-order valence-electron chi connectivity index (χ2n) is 9.34. The van der Waals surface area contributed by atoms with Crippen LogP contribution in [0.5, 0.6) is 0 Å². The second kappa shape index (κ2) is 5.66. The van der Waals surface area contributed by atoms with E-state index in [9.17, 15) is 13.2 Å². The predicted octanol–water partition coefficient (Wildman–Crippen LogP) is 3.86. The molecule has 4 rings (SSSR count). The maximum Gasteiger partial charge on any atom is 0.264 e. The van der Waals surface area contributed by atoms with E-state index in [1.54, 1.807) is 0 Å². The summed E-state index contributed by atoms with van der Waals surface area (Å²) >= 11 is 0. The summed E-state index contributed by atoms with van der Waals surface area (Å²) in [4.78, 5) is 12.5. The normalized spacial score (nSPS) is 46.8. The molecule has 4 nitrogen and oxygen atoms in total. The molecule has 6 atom stereocenters. The van der Waals surface area contributed by atoms with Gasteiger partial charge in [-0.05, 0) is 68.1 Å². The van der Waals surface area contributed by atoms with Crippen molar-refractivity contribution in [3.63, 3.8) is 0 Å². The van der Waals surface area contributed by atoms with E-state index >= 15 is 0 Å². The molecule has 0 radical (unpaired) electrons. The molecule has 0 aromatic carbocycles. The molecule has 0 aromatic heterocycles. The van der Waals surface area contributed by atoms with Gasteiger partial charge in [0.2, 0.25) is 0 Å². The van der Waals surface area contributed by atoms with Gasteiger partial charge in [-0.25, -0.2) is 0 Å². The van der Waals surface area contributed by atoms with Crippen LogP contribution in [0.3, 0.4) is 0 Å². The highest BCUT2D eigenvalue weighted by molar-refractivity contribution is 7.86. The third-order valence-corrected chi connectivity index (χ3v) is 8.70. The Hall–Kier alpha value is -0.680. The van der Waals surface area contributed by atoms with E-state index in [2.05, 4.69) is 19.9 Å². The third kappa shape index (κ3) is 2.73. The predicted molar refractivity (Wildman–Crippen MR) is 96.4 cm³/mol. The molecule has 3 fully saturated rings. The Morgan fingerprint density at radius 2 is 1.76 bits per heavy atom. The number of ketones is 1. The van der Waals surface area contributed by atoms with Gasteiger partial charge in [0.1, 0.15) is 5.78 Å². The molecule has 4 aliphatic rings. The van der Waals surface area contributed by atoms with Crippen molar-refractivity contribution < 1.29 is 17.4 Å². The van der Waals surface area contributed by atoms with Crippen molar-refractivity contribution in [3.05, 3.63) is 11.6 Å². The van der Waals surface area contributed by atoms with E-state index in [1.807, 2.05) is 0 Å². The monoisotopic (exact) mass is 366 g/mol. The first-order chi connectivity index (χ1) is 11.6. The molecule has 0 unspecified atom stereocenters. The molecule has 25 heavy (non-hydrogen) atoms. The summed E-state index contributed by atoms with van der Waals surface area (Å²) in [5, 5.41) is 0. The summed E-state index contributed by atoms with van der Waals surface area (Å²) < 4.78 is 28.3. The molecule has 5 heteroatoms. The zero-order valence-corrected chi connectivity index (χ0v) is 16.4. The van der Waals surface area contributed by atoms with E-state index in [0.717, 1.165) is 57.6 Å². The van der Waals surface area contributed by atoms with Gasteiger partial charge in [0.05, 0.1) is 12.4 Å². The van der Waals surface area contributed by atoms with E-state index < -0.39 is 10.1 Å². The fourth-order valence-corrected chi connectivity index (χ4v) is 7.39. The number of carbonyl (C=O) groups excluding carboxylic acids is 1. The maximum atomic E-state index is 12.5. The minimum Gasteiger partial charge on any atom is -0.299 e. The summed E-state index contributed by atoms with van der Waals surface area (Å²) in [6.45, 7) is 4.59. The van der Waals surface area contributed by atoms with E-state index in [4.69, 9.17) is 4.18 Å². The minimum absolute atomic E-state index is 0.0839. The lowest BCUT2D eigenvalue weighted by Gasteiger charge is -2.56. The molecule has 140 valence electrons. The van der Waals surface area contributed by atoms with Crippen LogP contribution >= 0.6 is 0 Å². The number of hydrogen-bond acceptors (Lipinski definition) is 4. The summed E-state index contributed by atoms with van der Waals surface area (Å²) in [6, 6.07) is 0. The van der Waals surface area contributed by atoms with Crippen molar-refractivity contribution in [3.8, 4) is 0 Å². The van der Waals surface area contributed by atoms with E-state index in [-0.39, 0.29) is 16.9 Å². The van der Waals surface area contributed by atoms with E-state index in [1.165, 1.54) is 5.57 Å². The molecule has 0 aromatic rings. The Kier molecular flexibility index (Phi) is 4.01. The number of rotatable bonds is 2. The van der Waals surface area contributed by atoms with Crippen molar-refractivity contribution in [1.82, 2.24) is 0 Å².